The van der Waals surface area contributed by atoms with E-state index in [2.05, 4.69) is 22.2 Å². The number of anilines is 2. The van der Waals surface area contributed by atoms with E-state index in [1.54, 1.807) is 32.2 Å². The molecular weight excluding hydrogens is 433 g/mol. The number of aromatic nitrogens is 2. The predicted molar refractivity (Wildman–Crippen MR) is 125 cm³/mol. The number of hydrogen-bond donors (Lipinski definition) is 2. The summed E-state index contributed by atoms with van der Waals surface area (Å²) < 4.78 is 20.0. The van der Waals surface area contributed by atoms with E-state index in [1.807, 2.05) is 17.9 Å². The van der Waals surface area contributed by atoms with Crippen molar-refractivity contribution in [2.75, 3.05) is 12.4 Å². The minimum absolute atomic E-state index is 0.0142. The van der Waals surface area contributed by atoms with Crippen LogP contribution in [0.15, 0.2) is 36.7 Å². The summed E-state index contributed by atoms with van der Waals surface area (Å²) in [6, 6.07) is 8.06. The monoisotopic (exact) mass is 459 g/mol. The maximum Gasteiger partial charge on any atom is 0.234 e. The lowest BCUT2D eigenvalue weighted by molar-refractivity contribution is -0.123. The third-order valence-electron chi connectivity index (χ3n) is 5.66. The number of nitrogens with one attached hydrogen (secondary N) is 1. The fourth-order valence-electron chi connectivity index (χ4n) is 3.54. The molecular formula is C23H27ClFN5O2. The van der Waals surface area contributed by atoms with Gasteiger partial charge >= 0.3 is 0 Å². The molecule has 0 radical (unpaired) electrons. The Hall–Kier alpha value is -2.97. The Morgan fingerprint density at radius 3 is 2.72 bits per heavy atom. The number of nitrogens with zero attached hydrogens (tertiary/aromatic N) is 3. The van der Waals surface area contributed by atoms with Crippen molar-refractivity contribution in [1.29, 1.82) is 0 Å². The molecule has 2 aromatic carbocycles. The maximum atomic E-state index is 14.4. The van der Waals surface area contributed by atoms with Crippen molar-refractivity contribution in [3.63, 3.8) is 0 Å². The van der Waals surface area contributed by atoms with Gasteiger partial charge in [-0.2, -0.15) is 0 Å². The second-order valence-corrected chi connectivity index (χ2v) is 8.05. The molecule has 3 rings (SSSR count). The molecule has 0 aliphatic heterocycles. The van der Waals surface area contributed by atoms with Crippen LogP contribution >= 0.6 is 11.6 Å². The molecule has 2 atom stereocenters. The van der Waals surface area contributed by atoms with E-state index in [4.69, 9.17) is 22.1 Å². The number of rotatable bonds is 9. The van der Waals surface area contributed by atoms with Gasteiger partial charge in [-0.15, -0.1) is 0 Å². The molecule has 0 saturated heterocycles. The number of halogens is 2. The number of hydrogen-bond acceptors (Lipinski definition) is 6. The third-order valence-corrected chi connectivity index (χ3v) is 5.95. The maximum absolute atomic E-state index is 14.4. The average Bonchev–Trinajstić information content (AvgIpc) is 2.79. The number of benzene rings is 2. The van der Waals surface area contributed by atoms with Crippen LogP contribution in [0.2, 0.25) is 5.02 Å². The Morgan fingerprint density at radius 2 is 2.06 bits per heavy atom. The topological polar surface area (TPSA) is 93.4 Å². The van der Waals surface area contributed by atoms with Crippen LogP contribution in [0.1, 0.15) is 32.8 Å². The molecule has 0 fully saturated rings. The lowest BCUT2D eigenvalue weighted by Gasteiger charge is -2.33. The van der Waals surface area contributed by atoms with Crippen LogP contribution in [-0.4, -0.2) is 40.0 Å². The minimum atomic E-state index is -0.562. The van der Waals surface area contributed by atoms with E-state index in [0.29, 0.717) is 29.0 Å². The van der Waals surface area contributed by atoms with Gasteiger partial charge in [-0.3, -0.25) is 9.69 Å². The van der Waals surface area contributed by atoms with Crippen LogP contribution in [0.5, 0.6) is 5.75 Å². The third kappa shape index (κ3) is 4.92. The van der Waals surface area contributed by atoms with Crippen LogP contribution in [0.25, 0.3) is 10.9 Å². The Bertz CT molecular complexity index is 1130. The second-order valence-electron chi connectivity index (χ2n) is 7.64. The molecule has 1 heterocycles. The first kappa shape index (κ1) is 23.7. The molecule has 0 aliphatic rings. The van der Waals surface area contributed by atoms with Gasteiger partial charge in [0.25, 0.3) is 0 Å². The number of carbonyl (C=O) groups excluding carboxylic acids is 1. The Morgan fingerprint density at radius 1 is 1.31 bits per heavy atom. The molecule has 0 bridgehead atoms. The SMILES string of the molecule is CCC(C)N(Cc1cc2c(Nc3cccc(Cl)c3F)ncnc2cc1OC)C(C)C(N)=O. The zero-order valence-corrected chi connectivity index (χ0v) is 19.3. The fourth-order valence-corrected chi connectivity index (χ4v) is 3.71. The number of primary amides is 1. The molecule has 2 unspecified atom stereocenters. The smallest absolute Gasteiger partial charge is 0.234 e. The fraction of sp³-hybridized carbons (Fsp3) is 0.348. The quantitative estimate of drug-likeness (QED) is 0.483. The largest absolute Gasteiger partial charge is 0.496 e. The van der Waals surface area contributed by atoms with Crippen LogP contribution < -0.4 is 15.8 Å². The lowest BCUT2D eigenvalue weighted by atomic mass is 10.1. The lowest BCUT2D eigenvalue weighted by Crippen LogP contribution is -2.46. The molecule has 7 nitrogen and oxygen atoms in total. The van der Waals surface area contributed by atoms with Gasteiger partial charge in [-0.05, 0) is 38.5 Å². The molecule has 170 valence electrons. The summed E-state index contributed by atoms with van der Waals surface area (Å²) in [7, 11) is 1.58. The first-order valence-corrected chi connectivity index (χ1v) is 10.7. The predicted octanol–water partition coefficient (Wildman–Crippen LogP) is 4.65. The number of amides is 1. The molecule has 32 heavy (non-hydrogen) atoms. The van der Waals surface area contributed by atoms with Gasteiger partial charge in [0.05, 0.1) is 29.4 Å². The van der Waals surface area contributed by atoms with E-state index in [-0.39, 0.29) is 16.8 Å². The van der Waals surface area contributed by atoms with Gasteiger partial charge in [0, 0.05) is 29.6 Å². The molecule has 3 N–H and O–H groups in total. The van der Waals surface area contributed by atoms with Crippen molar-refractivity contribution in [1.82, 2.24) is 14.9 Å². The van der Waals surface area contributed by atoms with Gasteiger partial charge in [0.1, 0.15) is 17.9 Å². The summed E-state index contributed by atoms with van der Waals surface area (Å²) in [5.41, 5.74) is 7.26. The van der Waals surface area contributed by atoms with Crippen molar-refractivity contribution in [2.45, 2.75) is 45.8 Å². The Labute approximate surface area is 191 Å². The van der Waals surface area contributed by atoms with Gasteiger partial charge in [0.2, 0.25) is 5.91 Å². The zero-order chi connectivity index (χ0) is 23.4. The Kier molecular flexibility index (Phi) is 7.48. The standard InChI is InChI=1S/C23H27ClFN5O2/c1-5-13(2)30(14(3)22(26)31)11-15-9-16-19(10-20(15)32-4)27-12-28-23(16)29-18-8-6-7-17(24)21(18)25/h6-10,12-14H,5,11H2,1-4H3,(H2,26,31)(H,27,28,29). The van der Waals surface area contributed by atoms with Crippen molar-refractivity contribution in [3.8, 4) is 5.75 Å². The summed E-state index contributed by atoms with van der Waals surface area (Å²) in [5.74, 6) is 0.0965. The molecule has 9 heteroatoms. The number of methoxy groups -OCH3 is 1. The van der Waals surface area contributed by atoms with E-state index >= 15 is 0 Å². The van der Waals surface area contributed by atoms with Crippen LogP contribution in [-0.2, 0) is 11.3 Å². The molecule has 1 aromatic heterocycles. The van der Waals surface area contributed by atoms with Crippen LogP contribution in [0.3, 0.4) is 0 Å². The number of ether oxygens (including phenoxy) is 1. The molecule has 0 aliphatic carbocycles. The van der Waals surface area contributed by atoms with E-state index in [1.165, 1.54) is 12.4 Å². The van der Waals surface area contributed by atoms with Crippen molar-refractivity contribution >= 4 is 39.9 Å². The van der Waals surface area contributed by atoms with E-state index < -0.39 is 17.8 Å². The first-order valence-electron chi connectivity index (χ1n) is 10.3. The summed E-state index contributed by atoms with van der Waals surface area (Å²) in [5, 5.41) is 3.70. The highest BCUT2D eigenvalue weighted by Gasteiger charge is 2.25. The van der Waals surface area contributed by atoms with Gasteiger partial charge in [0.15, 0.2) is 5.82 Å². The summed E-state index contributed by atoms with van der Waals surface area (Å²) >= 11 is 5.91. The molecule has 3 aromatic rings. The second kappa shape index (κ2) is 10.1. The first-order chi connectivity index (χ1) is 15.3. The number of fused-ring (bicyclic) bond motifs is 1. The normalized spacial score (nSPS) is 13.2. The highest BCUT2D eigenvalue weighted by Crippen LogP contribution is 2.32. The summed E-state index contributed by atoms with van der Waals surface area (Å²) in [4.78, 5) is 22.6. The van der Waals surface area contributed by atoms with E-state index in [0.717, 1.165) is 12.0 Å². The Balaban J connectivity index is 2.08. The van der Waals surface area contributed by atoms with Crippen LogP contribution in [0, 0.1) is 5.82 Å². The van der Waals surface area contributed by atoms with Crippen molar-refractivity contribution < 1.29 is 13.9 Å². The highest BCUT2D eigenvalue weighted by molar-refractivity contribution is 6.31. The zero-order valence-electron chi connectivity index (χ0n) is 18.5. The highest BCUT2D eigenvalue weighted by atomic mass is 35.5. The average molecular weight is 460 g/mol. The number of nitrogens with two attached hydrogens (primary N) is 1. The van der Waals surface area contributed by atoms with Crippen molar-refractivity contribution in [3.05, 3.63) is 53.1 Å². The van der Waals surface area contributed by atoms with E-state index in [9.17, 15) is 9.18 Å². The van der Waals surface area contributed by atoms with Crippen molar-refractivity contribution in [2.24, 2.45) is 5.73 Å². The molecule has 0 spiro atoms. The van der Waals surface area contributed by atoms with Gasteiger partial charge < -0.3 is 15.8 Å². The van der Waals surface area contributed by atoms with Crippen LogP contribution in [0.4, 0.5) is 15.9 Å². The summed E-state index contributed by atoms with van der Waals surface area (Å²) in [6.45, 7) is 6.32. The summed E-state index contributed by atoms with van der Waals surface area (Å²) in [6.07, 6.45) is 2.24. The molecule has 1 amide bonds. The number of carbonyl (C=O) groups is 1. The van der Waals surface area contributed by atoms with Gasteiger partial charge in [-0.25, -0.2) is 14.4 Å². The molecule has 0 saturated carbocycles. The van der Waals surface area contributed by atoms with Gasteiger partial charge in [-0.1, -0.05) is 24.6 Å². The minimum Gasteiger partial charge on any atom is -0.496 e.